The molecule has 0 saturated carbocycles. The third-order valence-corrected chi connectivity index (χ3v) is 2.84. The van der Waals surface area contributed by atoms with Crippen LogP contribution in [0.15, 0.2) is 22.7 Å². The van der Waals surface area contributed by atoms with Crippen LogP contribution >= 0.6 is 15.9 Å². The number of hydrogen-bond acceptors (Lipinski definition) is 3. The molecular formula is C12H12BrFO3. The molecule has 1 rings (SSSR count). The number of ketones is 1. The van der Waals surface area contributed by atoms with Crippen molar-refractivity contribution in [1.82, 2.24) is 0 Å². The predicted octanol–water partition coefficient (Wildman–Crippen LogP) is 2.97. The van der Waals surface area contributed by atoms with E-state index >= 15 is 0 Å². The molecule has 17 heavy (non-hydrogen) atoms. The van der Waals surface area contributed by atoms with Gasteiger partial charge in [0.05, 0.1) is 19.1 Å². The molecule has 0 amide bonds. The van der Waals surface area contributed by atoms with E-state index in [-0.39, 0.29) is 12.0 Å². The second kappa shape index (κ2) is 5.91. The number of methoxy groups -OCH3 is 1. The molecule has 0 saturated heterocycles. The van der Waals surface area contributed by atoms with Crippen molar-refractivity contribution in [3.63, 3.8) is 0 Å². The average molecular weight is 303 g/mol. The van der Waals surface area contributed by atoms with Gasteiger partial charge in [-0.15, -0.1) is 0 Å². The summed E-state index contributed by atoms with van der Waals surface area (Å²) in [5.41, 5.74) is -0.0178. The lowest BCUT2D eigenvalue weighted by molar-refractivity contribution is -0.141. The number of esters is 1. The molecule has 0 aliphatic rings. The Kier molecular flexibility index (Phi) is 4.81. The first-order chi connectivity index (χ1) is 7.95. The lowest BCUT2D eigenvalue weighted by atomic mass is 9.96. The van der Waals surface area contributed by atoms with Crippen LogP contribution in [0.25, 0.3) is 0 Å². The van der Waals surface area contributed by atoms with Crippen molar-refractivity contribution in [3.8, 4) is 0 Å². The van der Waals surface area contributed by atoms with Gasteiger partial charge in [-0.25, -0.2) is 4.39 Å². The highest BCUT2D eigenvalue weighted by atomic mass is 79.9. The van der Waals surface area contributed by atoms with Gasteiger partial charge in [-0.3, -0.25) is 9.59 Å². The topological polar surface area (TPSA) is 43.4 Å². The molecule has 0 bridgehead atoms. The summed E-state index contributed by atoms with van der Waals surface area (Å²) in [5, 5.41) is 0. The maximum Gasteiger partial charge on any atom is 0.306 e. The lowest BCUT2D eigenvalue weighted by Crippen LogP contribution is -2.17. The molecule has 92 valence electrons. The van der Waals surface area contributed by atoms with Crippen LogP contribution in [0.2, 0.25) is 0 Å². The number of rotatable bonds is 4. The van der Waals surface area contributed by atoms with Gasteiger partial charge in [-0.1, -0.05) is 22.9 Å². The van der Waals surface area contributed by atoms with Crippen LogP contribution in [-0.2, 0) is 9.53 Å². The summed E-state index contributed by atoms with van der Waals surface area (Å²) in [6, 6.07) is 4.13. The van der Waals surface area contributed by atoms with Gasteiger partial charge in [0.1, 0.15) is 5.82 Å². The molecule has 0 aliphatic carbocycles. The quantitative estimate of drug-likeness (QED) is 0.634. The first-order valence-electron chi connectivity index (χ1n) is 5.01. The Hall–Kier alpha value is -1.23. The summed E-state index contributed by atoms with van der Waals surface area (Å²) in [6.45, 7) is 1.57. The van der Waals surface area contributed by atoms with Gasteiger partial charge in [0.25, 0.3) is 0 Å². The third-order valence-electron chi connectivity index (χ3n) is 2.34. The van der Waals surface area contributed by atoms with E-state index in [4.69, 9.17) is 0 Å². The van der Waals surface area contributed by atoms with Gasteiger partial charge in [0.2, 0.25) is 0 Å². The molecule has 0 fully saturated rings. The zero-order valence-corrected chi connectivity index (χ0v) is 11.1. The summed E-state index contributed by atoms with van der Waals surface area (Å²) in [5.74, 6) is -2.09. The van der Waals surface area contributed by atoms with Gasteiger partial charge >= 0.3 is 5.97 Å². The SMILES string of the molecule is COC(=O)CC(C)C(=O)c1cc(Br)ccc1F. The molecular weight excluding hydrogens is 291 g/mol. The minimum absolute atomic E-state index is 0.0178. The summed E-state index contributed by atoms with van der Waals surface area (Å²) in [7, 11) is 1.25. The van der Waals surface area contributed by atoms with Gasteiger partial charge in [-0.2, -0.15) is 0 Å². The molecule has 1 aromatic carbocycles. The van der Waals surface area contributed by atoms with E-state index in [1.807, 2.05) is 0 Å². The second-order valence-electron chi connectivity index (χ2n) is 3.67. The Morgan fingerprint density at radius 2 is 2.12 bits per heavy atom. The number of ether oxygens (including phenoxy) is 1. The Morgan fingerprint density at radius 1 is 1.47 bits per heavy atom. The molecule has 0 aromatic heterocycles. The maximum atomic E-state index is 13.4. The zero-order valence-electron chi connectivity index (χ0n) is 9.50. The van der Waals surface area contributed by atoms with Crippen molar-refractivity contribution in [2.24, 2.45) is 5.92 Å². The van der Waals surface area contributed by atoms with E-state index in [2.05, 4.69) is 20.7 Å². The molecule has 5 heteroatoms. The number of benzene rings is 1. The van der Waals surface area contributed by atoms with Crippen LogP contribution in [0.5, 0.6) is 0 Å². The first-order valence-corrected chi connectivity index (χ1v) is 5.81. The summed E-state index contributed by atoms with van der Waals surface area (Å²) < 4.78 is 18.5. The first kappa shape index (κ1) is 13.8. The monoisotopic (exact) mass is 302 g/mol. The van der Waals surface area contributed by atoms with Crippen molar-refractivity contribution in [2.75, 3.05) is 7.11 Å². The molecule has 0 heterocycles. The highest BCUT2D eigenvalue weighted by molar-refractivity contribution is 9.10. The minimum atomic E-state index is -0.605. The van der Waals surface area contributed by atoms with Crippen LogP contribution in [0.1, 0.15) is 23.7 Å². The van der Waals surface area contributed by atoms with Crippen LogP contribution < -0.4 is 0 Å². The average Bonchev–Trinajstić information content (AvgIpc) is 2.31. The van der Waals surface area contributed by atoms with Crippen molar-refractivity contribution in [1.29, 1.82) is 0 Å². The van der Waals surface area contributed by atoms with Crippen molar-refractivity contribution in [3.05, 3.63) is 34.1 Å². The van der Waals surface area contributed by atoms with Crippen LogP contribution in [0.3, 0.4) is 0 Å². The van der Waals surface area contributed by atoms with Crippen molar-refractivity contribution in [2.45, 2.75) is 13.3 Å². The van der Waals surface area contributed by atoms with E-state index in [0.29, 0.717) is 4.47 Å². The molecule has 0 spiro atoms. The number of hydrogen-bond donors (Lipinski definition) is 0. The summed E-state index contributed by atoms with van der Waals surface area (Å²) in [6.07, 6.45) is -0.0543. The molecule has 1 atom stereocenters. The number of halogens is 2. The number of carbonyl (C=O) groups is 2. The Morgan fingerprint density at radius 3 is 2.71 bits per heavy atom. The smallest absolute Gasteiger partial charge is 0.306 e. The van der Waals surface area contributed by atoms with E-state index < -0.39 is 23.5 Å². The predicted molar refractivity (Wildman–Crippen MR) is 64.2 cm³/mol. The van der Waals surface area contributed by atoms with Gasteiger partial charge in [0, 0.05) is 10.4 Å². The van der Waals surface area contributed by atoms with E-state index in [1.165, 1.54) is 25.3 Å². The fraction of sp³-hybridized carbons (Fsp3) is 0.333. The second-order valence-corrected chi connectivity index (χ2v) is 4.59. The molecule has 1 unspecified atom stereocenters. The Labute approximate surface area is 107 Å². The fourth-order valence-electron chi connectivity index (χ4n) is 1.38. The van der Waals surface area contributed by atoms with E-state index in [1.54, 1.807) is 6.92 Å². The Balaban J connectivity index is 2.88. The lowest BCUT2D eigenvalue weighted by Gasteiger charge is -2.10. The van der Waals surface area contributed by atoms with Gasteiger partial charge in [-0.05, 0) is 18.2 Å². The molecule has 1 aromatic rings. The standard InChI is InChI=1S/C12H12BrFO3/c1-7(5-11(15)17-2)12(16)9-6-8(13)3-4-10(9)14/h3-4,6-7H,5H2,1-2H3. The molecule has 0 radical (unpaired) electrons. The maximum absolute atomic E-state index is 13.4. The zero-order chi connectivity index (χ0) is 13.0. The fourth-order valence-corrected chi connectivity index (χ4v) is 1.74. The molecule has 0 N–H and O–H groups in total. The van der Waals surface area contributed by atoms with E-state index in [0.717, 1.165) is 0 Å². The highest BCUT2D eigenvalue weighted by Gasteiger charge is 2.21. The number of Topliss-reactive ketones (excluding diaryl/α,β-unsaturated/α-hetero) is 1. The third kappa shape index (κ3) is 3.63. The van der Waals surface area contributed by atoms with Crippen molar-refractivity contribution >= 4 is 27.7 Å². The Bertz CT molecular complexity index is 445. The van der Waals surface area contributed by atoms with Gasteiger partial charge in [0.15, 0.2) is 5.78 Å². The van der Waals surface area contributed by atoms with Crippen LogP contribution in [-0.4, -0.2) is 18.9 Å². The van der Waals surface area contributed by atoms with Crippen LogP contribution in [0.4, 0.5) is 4.39 Å². The van der Waals surface area contributed by atoms with Gasteiger partial charge < -0.3 is 4.74 Å². The molecule has 0 aliphatic heterocycles. The normalized spacial score (nSPS) is 12.0. The van der Waals surface area contributed by atoms with Crippen molar-refractivity contribution < 1.29 is 18.7 Å². The van der Waals surface area contributed by atoms with E-state index in [9.17, 15) is 14.0 Å². The largest absolute Gasteiger partial charge is 0.469 e. The highest BCUT2D eigenvalue weighted by Crippen LogP contribution is 2.20. The number of carbonyl (C=O) groups excluding carboxylic acids is 2. The molecule has 3 nitrogen and oxygen atoms in total. The minimum Gasteiger partial charge on any atom is -0.469 e. The summed E-state index contributed by atoms with van der Waals surface area (Å²) >= 11 is 3.17. The summed E-state index contributed by atoms with van der Waals surface area (Å²) in [4.78, 5) is 22.9. The van der Waals surface area contributed by atoms with Crippen LogP contribution in [0, 0.1) is 11.7 Å².